The van der Waals surface area contributed by atoms with Crippen molar-refractivity contribution in [1.82, 2.24) is 9.38 Å². The molecule has 0 aliphatic carbocycles. The summed E-state index contributed by atoms with van der Waals surface area (Å²) in [5.41, 5.74) is 0.229. The van der Waals surface area contributed by atoms with Gasteiger partial charge in [-0.1, -0.05) is 25.8 Å². The highest BCUT2D eigenvalue weighted by Gasteiger charge is 2.44. The van der Waals surface area contributed by atoms with E-state index in [4.69, 9.17) is 4.74 Å². The van der Waals surface area contributed by atoms with Gasteiger partial charge in [-0.2, -0.15) is 13.2 Å². The molecule has 0 radical (unpaired) electrons. The van der Waals surface area contributed by atoms with E-state index in [1.807, 2.05) is 6.92 Å². The monoisotopic (exact) mass is 484 g/mol. The molecule has 0 saturated carbocycles. The van der Waals surface area contributed by atoms with Gasteiger partial charge in [0.25, 0.3) is 0 Å². The molecule has 184 valence electrons. The molecule has 0 bridgehead atoms. The summed E-state index contributed by atoms with van der Waals surface area (Å²) in [6.45, 7) is 2.91. The van der Waals surface area contributed by atoms with Crippen LogP contribution in [-0.2, 0) is 6.61 Å². The van der Waals surface area contributed by atoms with E-state index in [0.717, 1.165) is 12.1 Å². The van der Waals surface area contributed by atoms with Gasteiger partial charge in [-0.05, 0) is 37.6 Å². The molecular formula is C24H25F5N2O3. The van der Waals surface area contributed by atoms with Crippen LogP contribution < -0.4 is 4.74 Å². The lowest BCUT2D eigenvalue weighted by molar-refractivity contribution is -0.219. The van der Waals surface area contributed by atoms with Crippen molar-refractivity contribution in [3.8, 4) is 5.75 Å². The van der Waals surface area contributed by atoms with Crippen molar-refractivity contribution in [2.75, 3.05) is 0 Å². The third kappa shape index (κ3) is 5.55. The molecule has 2 aromatic heterocycles. The Balaban J connectivity index is 1.88. The predicted molar refractivity (Wildman–Crippen MR) is 115 cm³/mol. The molecule has 5 nitrogen and oxygen atoms in total. The maximum atomic E-state index is 13.9. The molecule has 10 heteroatoms. The number of ether oxygens (including phenoxy) is 1. The number of ketones is 1. The summed E-state index contributed by atoms with van der Waals surface area (Å²) in [7, 11) is 0. The van der Waals surface area contributed by atoms with E-state index < -0.39 is 48.6 Å². The number of unbranched alkanes of at least 4 members (excludes halogenated alkanes) is 1. The predicted octanol–water partition coefficient (Wildman–Crippen LogP) is 5.80. The lowest BCUT2D eigenvalue weighted by Crippen LogP contribution is -2.37. The topological polar surface area (TPSA) is 63.8 Å². The summed E-state index contributed by atoms with van der Waals surface area (Å²) in [4.78, 5) is 17.3. The van der Waals surface area contributed by atoms with E-state index in [2.05, 4.69) is 4.98 Å². The van der Waals surface area contributed by atoms with E-state index >= 15 is 0 Å². The largest absolute Gasteiger partial charge is 0.485 e. The molecule has 0 spiro atoms. The van der Waals surface area contributed by atoms with Gasteiger partial charge < -0.3 is 9.84 Å². The number of carbonyl (C=O) groups excluding carboxylic acids is 1. The Kier molecular flexibility index (Phi) is 7.91. The van der Waals surface area contributed by atoms with E-state index in [-0.39, 0.29) is 34.8 Å². The van der Waals surface area contributed by atoms with Gasteiger partial charge in [-0.25, -0.2) is 13.8 Å². The molecule has 1 aromatic carbocycles. The Morgan fingerprint density at radius 1 is 1.18 bits per heavy atom. The van der Waals surface area contributed by atoms with E-state index in [9.17, 15) is 31.9 Å². The Morgan fingerprint density at radius 3 is 2.47 bits per heavy atom. The van der Waals surface area contributed by atoms with Crippen molar-refractivity contribution in [2.24, 2.45) is 5.92 Å². The first-order chi connectivity index (χ1) is 16.0. The average Bonchev–Trinajstić information content (AvgIpc) is 3.11. The van der Waals surface area contributed by atoms with Crippen molar-refractivity contribution in [3.63, 3.8) is 0 Å². The Morgan fingerprint density at radius 2 is 1.85 bits per heavy atom. The third-order valence-corrected chi connectivity index (χ3v) is 5.64. The molecule has 1 unspecified atom stereocenters. The number of aliphatic hydroxyl groups is 1. The molecule has 3 rings (SSSR count). The van der Waals surface area contributed by atoms with Crippen LogP contribution in [0.4, 0.5) is 22.0 Å². The highest BCUT2D eigenvalue weighted by molar-refractivity contribution is 5.97. The third-order valence-electron chi connectivity index (χ3n) is 5.64. The number of aromatic nitrogens is 2. The van der Waals surface area contributed by atoms with Crippen LogP contribution in [0.5, 0.6) is 5.75 Å². The SMILES string of the molecule is CCCC[C@@H](CC(=O)c1c(C)nc2c(OCc3c(F)cccc3F)cccn12)C(O)C(F)(F)F. The Bertz CT molecular complexity index is 1140. The van der Waals surface area contributed by atoms with Crippen LogP contribution in [0.1, 0.15) is 54.4 Å². The fraction of sp³-hybridized carbons (Fsp3) is 0.417. The normalized spacial score (nSPS) is 13.8. The minimum atomic E-state index is -4.84. The Labute approximate surface area is 193 Å². The fourth-order valence-electron chi connectivity index (χ4n) is 3.86. The molecule has 0 fully saturated rings. The minimum absolute atomic E-state index is 0.0429. The number of aliphatic hydroxyl groups excluding tert-OH is 1. The number of nitrogens with zero attached hydrogens (tertiary/aromatic N) is 2. The first kappa shape index (κ1) is 25.6. The summed E-state index contributed by atoms with van der Waals surface area (Å²) >= 11 is 0. The zero-order chi connectivity index (χ0) is 25.0. The first-order valence-electron chi connectivity index (χ1n) is 10.9. The van der Waals surface area contributed by atoms with Crippen LogP contribution in [-0.4, -0.2) is 32.6 Å². The number of halogens is 5. The van der Waals surface area contributed by atoms with Crippen molar-refractivity contribution in [3.05, 3.63) is 65.1 Å². The smallest absolute Gasteiger partial charge is 0.414 e. The first-order valence-corrected chi connectivity index (χ1v) is 10.9. The molecule has 3 aromatic rings. The number of imidazole rings is 1. The number of hydrogen-bond acceptors (Lipinski definition) is 4. The molecule has 0 amide bonds. The molecule has 0 aliphatic heterocycles. The number of alkyl halides is 3. The second-order valence-electron chi connectivity index (χ2n) is 8.12. The van der Waals surface area contributed by atoms with Crippen LogP contribution in [0.15, 0.2) is 36.5 Å². The van der Waals surface area contributed by atoms with Crippen molar-refractivity contribution in [1.29, 1.82) is 0 Å². The van der Waals surface area contributed by atoms with Crippen molar-refractivity contribution < 1.29 is 36.6 Å². The van der Waals surface area contributed by atoms with Gasteiger partial charge in [0.15, 0.2) is 23.3 Å². The number of Topliss-reactive ketones (excluding diaryl/α,β-unsaturated/α-hetero) is 1. The second kappa shape index (κ2) is 10.5. The quantitative estimate of drug-likeness (QED) is 0.292. The molecule has 0 saturated heterocycles. The Hall–Kier alpha value is -3.01. The van der Waals surface area contributed by atoms with Crippen LogP contribution in [0.25, 0.3) is 5.65 Å². The van der Waals surface area contributed by atoms with E-state index in [1.165, 1.54) is 35.7 Å². The van der Waals surface area contributed by atoms with E-state index in [1.54, 1.807) is 0 Å². The lowest BCUT2D eigenvalue weighted by atomic mass is 9.89. The summed E-state index contributed by atoms with van der Waals surface area (Å²) in [6, 6.07) is 6.46. The summed E-state index contributed by atoms with van der Waals surface area (Å²) in [5, 5.41) is 9.79. The van der Waals surface area contributed by atoms with Crippen molar-refractivity contribution in [2.45, 2.75) is 58.4 Å². The number of fused-ring (bicyclic) bond motifs is 1. The van der Waals surface area contributed by atoms with Crippen LogP contribution in [0, 0.1) is 24.5 Å². The van der Waals surface area contributed by atoms with Gasteiger partial charge >= 0.3 is 6.18 Å². The number of pyridine rings is 1. The van der Waals surface area contributed by atoms with E-state index in [0.29, 0.717) is 12.8 Å². The molecule has 1 N–H and O–H groups in total. The highest BCUT2D eigenvalue weighted by Crippen LogP contribution is 2.32. The van der Waals surface area contributed by atoms with Gasteiger partial charge in [0.05, 0.1) is 11.3 Å². The van der Waals surface area contributed by atoms with Crippen LogP contribution >= 0.6 is 0 Å². The molecule has 2 heterocycles. The second-order valence-corrected chi connectivity index (χ2v) is 8.12. The molecule has 0 aliphatic rings. The van der Waals surface area contributed by atoms with Crippen molar-refractivity contribution >= 4 is 11.4 Å². The minimum Gasteiger partial charge on any atom is -0.485 e. The fourth-order valence-corrected chi connectivity index (χ4v) is 3.86. The summed E-state index contributed by atoms with van der Waals surface area (Å²) in [6.07, 6.45) is -5.37. The summed E-state index contributed by atoms with van der Waals surface area (Å²) in [5.74, 6) is -3.30. The average molecular weight is 484 g/mol. The van der Waals surface area contributed by atoms with Crippen LogP contribution in [0.3, 0.4) is 0 Å². The zero-order valence-corrected chi connectivity index (χ0v) is 18.7. The standard InChI is InChI=1S/C24H25F5N2O3/c1-3-4-7-15(22(33)24(27,28)29)12-19(32)21-14(2)30-23-20(10-6-11-31(21)23)34-13-16-17(25)8-5-9-18(16)26/h5-6,8-11,15,22,33H,3-4,7,12-13H2,1-2H3/t15-,22?/m0/s1. The molecular weight excluding hydrogens is 459 g/mol. The lowest BCUT2D eigenvalue weighted by Gasteiger charge is -2.24. The van der Waals surface area contributed by atoms with Gasteiger partial charge in [0, 0.05) is 18.5 Å². The molecule has 34 heavy (non-hydrogen) atoms. The number of benzene rings is 1. The number of hydrogen-bond donors (Lipinski definition) is 1. The number of rotatable bonds is 10. The number of aryl methyl sites for hydroxylation is 1. The van der Waals surface area contributed by atoms with Gasteiger partial charge in [0.1, 0.15) is 23.9 Å². The maximum absolute atomic E-state index is 13.9. The zero-order valence-electron chi connectivity index (χ0n) is 18.7. The van der Waals surface area contributed by atoms with Gasteiger partial charge in [-0.3, -0.25) is 9.20 Å². The number of carbonyl (C=O) groups is 1. The van der Waals surface area contributed by atoms with Gasteiger partial charge in [0.2, 0.25) is 0 Å². The van der Waals surface area contributed by atoms with Crippen LogP contribution in [0.2, 0.25) is 0 Å². The molecule has 2 atom stereocenters. The summed E-state index contributed by atoms with van der Waals surface area (Å²) < 4.78 is 74.2. The highest BCUT2D eigenvalue weighted by atomic mass is 19.4. The maximum Gasteiger partial charge on any atom is 0.414 e. The van der Waals surface area contributed by atoms with Gasteiger partial charge in [-0.15, -0.1) is 0 Å².